The largest absolute Gasteiger partial charge is 0.478 e. The van der Waals surface area contributed by atoms with Crippen molar-refractivity contribution >= 4 is 41.1 Å². The van der Waals surface area contributed by atoms with Gasteiger partial charge in [-0.3, -0.25) is 14.3 Å². The summed E-state index contributed by atoms with van der Waals surface area (Å²) < 4.78 is 3.15. The molecule has 39 heavy (non-hydrogen) atoms. The molecule has 1 unspecified atom stereocenters. The first-order valence-electron chi connectivity index (χ1n) is 11.9. The molecule has 0 saturated carbocycles. The van der Waals surface area contributed by atoms with Crippen molar-refractivity contribution < 1.29 is 19.5 Å². The normalized spacial score (nSPS) is 14.8. The molecule has 2 amide bonds. The molecule has 0 aliphatic carbocycles. The van der Waals surface area contributed by atoms with E-state index < -0.39 is 17.9 Å². The van der Waals surface area contributed by atoms with Gasteiger partial charge in [-0.25, -0.2) is 4.79 Å². The van der Waals surface area contributed by atoms with Crippen LogP contribution in [0, 0.1) is 6.92 Å². The lowest BCUT2D eigenvalue weighted by Gasteiger charge is -2.34. The van der Waals surface area contributed by atoms with Gasteiger partial charge in [0.1, 0.15) is 12.4 Å². The number of carboxylic acid groups (broad SMARTS) is 1. The molecule has 0 bridgehead atoms. The fourth-order valence-corrected chi connectivity index (χ4v) is 4.74. The lowest BCUT2D eigenvalue weighted by Crippen LogP contribution is -2.44. The smallest absolute Gasteiger partial charge is 0.335 e. The van der Waals surface area contributed by atoms with Crippen molar-refractivity contribution in [3.63, 3.8) is 0 Å². The quantitative estimate of drug-likeness (QED) is 0.351. The van der Waals surface area contributed by atoms with Crippen molar-refractivity contribution in [1.82, 2.24) is 34.9 Å². The maximum absolute atomic E-state index is 13.6. The van der Waals surface area contributed by atoms with Gasteiger partial charge in [0.05, 0.1) is 16.9 Å². The standard InChI is InChI=1S/C26H23ClN8O4/c1-15-23-20(30-33(15)2)11-12-34(24(23)25(37)29-19-7-3-16(4-8-19)26(38)39)22(36)10-5-17-13-18(27)6-9-21(17)35-14-28-31-32-35/h3-10,13-14,24H,11-12H2,1-2H3,(H,29,37)(H,38,39)/b10-5+. The van der Waals surface area contributed by atoms with Crippen molar-refractivity contribution in [2.75, 3.05) is 11.9 Å². The fourth-order valence-electron chi connectivity index (χ4n) is 4.56. The van der Waals surface area contributed by atoms with Crippen molar-refractivity contribution in [2.24, 2.45) is 7.05 Å². The number of fused-ring (bicyclic) bond motifs is 1. The summed E-state index contributed by atoms with van der Waals surface area (Å²) in [5.41, 5.74) is 3.92. The number of aryl methyl sites for hydroxylation is 1. The molecule has 4 aromatic rings. The third-order valence-corrected chi connectivity index (χ3v) is 6.79. The van der Waals surface area contributed by atoms with E-state index in [0.717, 1.165) is 11.4 Å². The summed E-state index contributed by atoms with van der Waals surface area (Å²) in [4.78, 5) is 39.9. The number of aromatic carboxylic acids is 1. The number of nitrogens with zero attached hydrogens (tertiary/aromatic N) is 7. The topological polar surface area (TPSA) is 148 Å². The molecule has 2 aromatic carbocycles. The zero-order valence-corrected chi connectivity index (χ0v) is 21.7. The summed E-state index contributed by atoms with van der Waals surface area (Å²) in [6.07, 6.45) is 4.92. The second-order valence-corrected chi connectivity index (χ2v) is 9.35. The lowest BCUT2D eigenvalue weighted by atomic mass is 9.95. The minimum atomic E-state index is -1.07. The van der Waals surface area contributed by atoms with E-state index in [-0.39, 0.29) is 18.0 Å². The van der Waals surface area contributed by atoms with Crippen LogP contribution in [0.15, 0.2) is 54.9 Å². The summed E-state index contributed by atoms with van der Waals surface area (Å²) in [6, 6.07) is 9.99. The molecule has 1 atom stereocenters. The highest BCUT2D eigenvalue weighted by molar-refractivity contribution is 6.30. The summed E-state index contributed by atoms with van der Waals surface area (Å²) in [5, 5.41) is 28.2. The zero-order chi connectivity index (χ0) is 27.7. The number of hydrogen-bond donors (Lipinski definition) is 2. The van der Waals surface area contributed by atoms with Crippen LogP contribution in [0.1, 0.15) is 38.9 Å². The van der Waals surface area contributed by atoms with Crippen molar-refractivity contribution in [3.8, 4) is 5.69 Å². The Morgan fingerprint density at radius 1 is 1.15 bits per heavy atom. The SMILES string of the molecule is Cc1c2c(nn1C)CCN(C(=O)/C=C/c1cc(Cl)ccc1-n1cnnn1)C2C(=O)Nc1ccc(C(=O)O)cc1. The van der Waals surface area contributed by atoms with Gasteiger partial charge in [0, 0.05) is 53.6 Å². The Morgan fingerprint density at radius 2 is 1.92 bits per heavy atom. The number of aromatic nitrogens is 6. The van der Waals surface area contributed by atoms with E-state index in [4.69, 9.17) is 16.7 Å². The molecule has 1 aliphatic rings. The number of nitrogens with one attached hydrogen (secondary N) is 1. The summed E-state index contributed by atoms with van der Waals surface area (Å²) in [6.45, 7) is 2.13. The van der Waals surface area contributed by atoms with Crippen LogP contribution < -0.4 is 5.32 Å². The molecule has 12 nitrogen and oxygen atoms in total. The van der Waals surface area contributed by atoms with Crippen LogP contribution in [-0.4, -0.2) is 64.3 Å². The highest BCUT2D eigenvalue weighted by Gasteiger charge is 2.38. The number of carbonyl (C=O) groups is 3. The van der Waals surface area contributed by atoms with E-state index in [0.29, 0.717) is 33.9 Å². The summed E-state index contributed by atoms with van der Waals surface area (Å²) in [7, 11) is 1.79. The van der Waals surface area contributed by atoms with Gasteiger partial charge in [-0.1, -0.05) is 11.6 Å². The Balaban J connectivity index is 1.46. The average molecular weight is 547 g/mol. The number of rotatable bonds is 6. The first-order chi connectivity index (χ1) is 18.7. The highest BCUT2D eigenvalue weighted by Crippen LogP contribution is 2.33. The molecule has 5 rings (SSSR count). The number of carboxylic acids is 1. The molecule has 1 aliphatic heterocycles. The number of carbonyl (C=O) groups excluding carboxylic acids is 2. The minimum Gasteiger partial charge on any atom is -0.478 e. The van der Waals surface area contributed by atoms with Gasteiger partial charge in [0.15, 0.2) is 0 Å². The van der Waals surface area contributed by atoms with E-state index in [1.807, 2.05) is 6.92 Å². The van der Waals surface area contributed by atoms with Gasteiger partial charge >= 0.3 is 5.97 Å². The van der Waals surface area contributed by atoms with Crippen molar-refractivity contribution in [1.29, 1.82) is 0 Å². The van der Waals surface area contributed by atoms with Crippen molar-refractivity contribution in [2.45, 2.75) is 19.4 Å². The van der Waals surface area contributed by atoms with Gasteiger partial charge in [0.2, 0.25) is 5.91 Å². The van der Waals surface area contributed by atoms with E-state index in [2.05, 4.69) is 25.9 Å². The van der Waals surface area contributed by atoms with E-state index in [9.17, 15) is 14.4 Å². The van der Waals surface area contributed by atoms with Crippen LogP contribution >= 0.6 is 11.6 Å². The molecule has 3 heterocycles. The molecule has 198 valence electrons. The summed E-state index contributed by atoms with van der Waals surface area (Å²) >= 11 is 6.20. The van der Waals surface area contributed by atoms with Crippen LogP contribution in [0.4, 0.5) is 5.69 Å². The van der Waals surface area contributed by atoms with Crippen LogP contribution in [0.5, 0.6) is 0 Å². The fraction of sp³-hybridized carbons (Fsp3) is 0.192. The van der Waals surface area contributed by atoms with Crippen LogP contribution in [0.2, 0.25) is 5.02 Å². The third-order valence-electron chi connectivity index (χ3n) is 6.55. The van der Waals surface area contributed by atoms with Gasteiger partial charge in [-0.15, -0.1) is 5.10 Å². The number of halogens is 1. The molecule has 2 N–H and O–H groups in total. The maximum Gasteiger partial charge on any atom is 0.335 e. The Labute approximate surface area is 227 Å². The maximum atomic E-state index is 13.6. The lowest BCUT2D eigenvalue weighted by molar-refractivity contribution is -0.135. The number of hydrogen-bond acceptors (Lipinski definition) is 7. The number of tetrazole rings is 1. The number of anilines is 1. The Hall–Kier alpha value is -4.84. The Bertz CT molecular complexity index is 1590. The zero-order valence-electron chi connectivity index (χ0n) is 20.9. The van der Waals surface area contributed by atoms with Crippen LogP contribution in [0.25, 0.3) is 11.8 Å². The molecule has 0 spiro atoms. The van der Waals surface area contributed by atoms with E-state index >= 15 is 0 Å². The van der Waals surface area contributed by atoms with Gasteiger partial charge in [-0.05, 0) is 65.9 Å². The van der Waals surface area contributed by atoms with Crippen molar-refractivity contribution in [3.05, 3.63) is 88.0 Å². The Morgan fingerprint density at radius 3 is 2.62 bits per heavy atom. The molecule has 0 fully saturated rings. The highest BCUT2D eigenvalue weighted by atomic mass is 35.5. The first kappa shape index (κ1) is 25.8. The number of benzene rings is 2. The summed E-state index contributed by atoms with van der Waals surface area (Å²) in [5.74, 6) is -1.88. The predicted molar refractivity (Wildman–Crippen MR) is 141 cm³/mol. The monoisotopic (exact) mass is 546 g/mol. The molecule has 0 radical (unpaired) electrons. The predicted octanol–water partition coefficient (Wildman–Crippen LogP) is 2.83. The average Bonchev–Trinajstić information content (AvgIpc) is 3.55. The molecular weight excluding hydrogens is 524 g/mol. The van der Waals surface area contributed by atoms with Gasteiger partial charge in [0.25, 0.3) is 5.91 Å². The first-order valence-corrected chi connectivity index (χ1v) is 12.3. The van der Waals surface area contributed by atoms with Gasteiger partial charge in [-0.2, -0.15) is 9.78 Å². The second-order valence-electron chi connectivity index (χ2n) is 8.92. The second kappa shape index (κ2) is 10.5. The third kappa shape index (κ3) is 5.14. The van der Waals surface area contributed by atoms with Crippen LogP contribution in [-0.2, 0) is 23.1 Å². The molecule has 13 heteroatoms. The minimum absolute atomic E-state index is 0.0973. The van der Waals surface area contributed by atoms with E-state index in [1.54, 1.807) is 36.0 Å². The molecular formula is C26H23ClN8O4. The Kier molecular flexibility index (Phi) is 6.94. The number of amides is 2. The van der Waals surface area contributed by atoms with Crippen LogP contribution in [0.3, 0.4) is 0 Å². The van der Waals surface area contributed by atoms with E-state index in [1.165, 1.54) is 46.3 Å². The molecule has 2 aromatic heterocycles. The molecule has 0 saturated heterocycles. The van der Waals surface area contributed by atoms with Gasteiger partial charge < -0.3 is 15.3 Å².